The van der Waals surface area contributed by atoms with Crippen LogP contribution in [0.1, 0.15) is 55.5 Å². The summed E-state index contributed by atoms with van der Waals surface area (Å²) in [7, 11) is 0. The third-order valence-electron chi connectivity index (χ3n) is 5.87. The quantitative estimate of drug-likeness (QED) is 0.795. The van der Waals surface area contributed by atoms with E-state index in [-0.39, 0.29) is 24.9 Å². The van der Waals surface area contributed by atoms with Crippen molar-refractivity contribution in [1.82, 2.24) is 15.0 Å². The lowest BCUT2D eigenvalue weighted by Crippen LogP contribution is -2.44. The summed E-state index contributed by atoms with van der Waals surface area (Å²) in [6.07, 6.45) is 6.24. The highest BCUT2D eigenvalue weighted by Crippen LogP contribution is 2.38. The maximum atomic E-state index is 12.4. The van der Waals surface area contributed by atoms with E-state index in [4.69, 9.17) is 15.0 Å². The van der Waals surface area contributed by atoms with E-state index >= 15 is 0 Å². The predicted molar refractivity (Wildman–Crippen MR) is 112 cm³/mol. The highest BCUT2D eigenvalue weighted by Gasteiger charge is 2.39. The average Bonchev–Trinajstić information content (AvgIpc) is 3.16. The summed E-state index contributed by atoms with van der Waals surface area (Å²) in [6.45, 7) is 5.67. The van der Waals surface area contributed by atoms with Gasteiger partial charge in [0.25, 0.3) is 11.8 Å². The van der Waals surface area contributed by atoms with Crippen LogP contribution in [0.2, 0.25) is 0 Å². The van der Waals surface area contributed by atoms with Gasteiger partial charge in [0.05, 0.1) is 5.54 Å². The van der Waals surface area contributed by atoms with Gasteiger partial charge in [-0.25, -0.2) is 0 Å². The number of nitrogens with two attached hydrogens (primary N) is 1. The lowest BCUT2D eigenvalue weighted by molar-refractivity contribution is -0.134. The molecule has 1 saturated heterocycles. The van der Waals surface area contributed by atoms with Gasteiger partial charge in [-0.1, -0.05) is 5.16 Å². The van der Waals surface area contributed by atoms with Gasteiger partial charge in [-0.2, -0.15) is 4.98 Å². The number of amides is 1. The lowest BCUT2D eigenvalue weighted by Gasteiger charge is -2.34. The number of likely N-dealkylation sites (tertiary alicyclic amines) is 1. The molecular weight excluding hydrogens is 392 g/mol. The number of aryl methyl sites for hydroxylation is 2. The maximum Gasteiger partial charge on any atom is 0.260 e. The Morgan fingerprint density at radius 1 is 1.17 bits per heavy atom. The number of ether oxygens (including phenoxy) is 1. The third kappa shape index (κ3) is 4.41. The van der Waals surface area contributed by atoms with Crippen LogP contribution < -0.4 is 10.5 Å². The molecule has 8 heteroatoms. The van der Waals surface area contributed by atoms with Crippen molar-refractivity contribution in [3.63, 3.8) is 0 Å². The van der Waals surface area contributed by atoms with Crippen LogP contribution in [0.3, 0.4) is 0 Å². The van der Waals surface area contributed by atoms with Gasteiger partial charge < -0.3 is 19.9 Å². The molecule has 1 aliphatic heterocycles. The first kappa shape index (κ1) is 21.6. The topological polar surface area (TPSA) is 94.5 Å². The van der Waals surface area contributed by atoms with Crippen LogP contribution in [0.5, 0.6) is 5.75 Å². The molecular formula is C21H29ClN4O3. The highest BCUT2D eigenvalue weighted by atomic mass is 35.5. The Morgan fingerprint density at radius 2 is 1.83 bits per heavy atom. The average molecular weight is 421 g/mol. The van der Waals surface area contributed by atoms with E-state index in [9.17, 15) is 4.79 Å². The normalized spacial score (nSPS) is 18.0. The van der Waals surface area contributed by atoms with E-state index in [1.165, 1.54) is 6.42 Å². The lowest BCUT2D eigenvalue weighted by atomic mass is 9.77. The zero-order chi connectivity index (χ0) is 19.7. The summed E-state index contributed by atoms with van der Waals surface area (Å²) in [6, 6.07) is 3.91. The molecule has 1 aliphatic carbocycles. The molecule has 0 bridgehead atoms. The Hall–Kier alpha value is -2.12. The Balaban J connectivity index is 0.00000240. The van der Waals surface area contributed by atoms with Gasteiger partial charge in [0.1, 0.15) is 5.75 Å². The van der Waals surface area contributed by atoms with E-state index in [0.29, 0.717) is 11.7 Å². The van der Waals surface area contributed by atoms with Gasteiger partial charge in [0, 0.05) is 18.7 Å². The van der Waals surface area contributed by atoms with E-state index in [2.05, 4.69) is 10.1 Å². The fourth-order valence-corrected chi connectivity index (χ4v) is 3.99. The van der Waals surface area contributed by atoms with Crippen LogP contribution in [0.15, 0.2) is 16.7 Å². The summed E-state index contributed by atoms with van der Waals surface area (Å²) in [5.74, 6) is 1.84. The summed E-state index contributed by atoms with van der Waals surface area (Å²) in [5, 5.41) is 4.09. The largest absolute Gasteiger partial charge is 0.483 e. The molecule has 1 saturated carbocycles. The van der Waals surface area contributed by atoms with Crippen LogP contribution in [0.4, 0.5) is 0 Å². The fourth-order valence-electron chi connectivity index (χ4n) is 3.99. The fraction of sp³-hybridized carbons (Fsp3) is 0.571. The first-order chi connectivity index (χ1) is 13.5. The first-order valence-electron chi connectivity index (χ1n) is 10.1. The Morgan fingerprint density at radius 3 is 2.41 bits per heavy atom. The van der Waals surface area contributed by atoms with E-state index < -0.39 is 5.54 Å². The molecule has 7 nitrogen and oxygen atoms in total. The first-order valence-corrected chi connectivity index (χ1v) is 10.1. The number of benzene rings is 1. The van der Waals surface area contributed by atoms with Gasteiger partial charge in [-0.15, -0.1) is 12.4 Å². The number of hydrogen-bond donors (Lipinski definition) is 1. The molecule has 1 amide bonds. The number of hydrogen-bond acceptors (Lipinski definition) is 6. The minimum absolute atomic E-state index is 0. The molecule has 0 spiro atoms. The van der Waals surface area contributed by atoms with Crippen molar-refractivity contribution in [3.05, 3.63) is 29.1 Å². The maximum absolute atomic E-state index is 12.4. The summed E-state index contributed by atoms with van der Waals surface area (Å²) in [4.78, 5) is 18.8. The van der Waals surface area contributed by atoms with Crippen LogP contribution in [-0.4, -0.2) is 40.6 Å². The van der Waals surface area contributed by atoms with Crippen LogP contribution in [0, 0.1) is 13.8 Å². The van der Waals surface area contributed by atoms with Gasteiger partial charge in [0.15, 0.2) is 12.4 Å². The summed E-state index contributed by atoms with van der Waals surface area (Å²) in [5.41, 5.74) is 8.56. The number of nitrogens with zero attached hydrogens (tertiary/aromatic N) is 3. The van der Waals surface area contributed by atoms with Crippen molar-refractivity contribution in [2.24, 2.45) is 5.73 Å². The van der Waals surface area contributed by atoms with E-state index in [1.807, 2.05) is 30.9 Å². The Labute approximate surface area is 177 Å². The molecule has 1 aromatic heterocycles. The molecule has 2 heterocycles. The van der Waals surface area contributed by atoms with Gasteiger partial charge >= 0.3 is 0 Å². The molecule has 2 N–H and O–H groups in total. The molecule has 2 fully saturated rings. The molecule has 0 radical (unpaired) electrons. The minimum atomic E-state index is -0.441. The number of carbonyl (C=O) groups is 1. The highest BCUT2D eigenvalue weighted by molar-refractivity contribution is 5.85. The second-order valence-corrected chi connectivity index (χ2v) is 8.10. The molecule has 0 atom stereocenters. The molecule has 4 rings (SSSR count). The number of rotatable bonds is 5. The number of carbonyl (C=O) groups excluding carboxylic acids is 1. The van der Waals surface area contributed by atoms with Crippen molar-refractivity contribution < 1.29 is 14.1 Å². The van der Waals surface area contributed by atoms with Gasteiger partial charge in [0.2, 0.25) is 0 Å². The van der Waals surface area contributed by atoms with Crippen LogP contribution in [0.25, 0.3) is 11.5 Å². The molecule has 2 aliphatic rings. The third-order valence-corrected chi connectivity index (χ3v) is 5.87. The second-order valence-electron chi connectivity index (χ2n) is 8.10. The van der Waals surface area contributed by atoms with E-state index in [1.54, 1.807) is 0 Å². The molecule has 1 aromatic carbocycles. The molecule has 158 valence electrons. The summed E-state index contributed by atoms with van der Waals surface area (Å²) >= 11 is 0. The van der Waals surface area contributed by atoms with Crippen molar-refractivity contribution >= 4 is 18.3 Å². The standard InChI is InChI=1S/C21H28N4O3.ClH/c1-14-11-16(19-23-20(24-28-19)21(22)7-6-8-21)12-15(2)18(14)27-13-17(26)25-9-4-3-5-10-25;/h11-12H,3-10,13,22H2,1-2H3;1H. The van der Waals surface area contributed by atoms with Crippen LogP contribution >= 0.6 is 12.4 Å². The van der Waals surface area contributed by atoms with Crippen LogP contribution in [-0.2, 0) is 10.3 Å². The second kappa shape index (κ2) is 8.71. The Kier molecular flexibility index (Phi) is 6.49. The zero-order valence-electron chi connectivity index (χ0n) is 17.1. The number of aromatic nitrogens is 2. The smallest absolute Gasteiger partial charge is 0.260 e. The molecule has 2 aromatic rings. The minimum Gasteiger partial charge on any atom is -0.483 e. The number of piperidine rings is 1. The Bertz CT molecular complexity index is 850. The van der Waals surface area contributed by atoms with Crippen molar-refractivity contribution in [2.75, 3.05) is 19.7 Å². The predicted octanol–water partition coefficient (Wildman–Crippen LogP) is 3.50. The van der Waals surface area contributed by atoms with Crippen molar-refractivity contribution in [3.8, 4) is 17.2 Å². The molecule has 0 unspecified atom stereocenters. The van der Waals surface area contributed by atoms with Crippen molar-refractivity contribution in [2.45, 2.75) is 57.9 Å². The van der Waals surface area contributed by atoms with Gasteiger partial charge in [-0.3, -0.25) is 4.79 Å². The SMILES string of the molecule is Cc1cc(-c2nc(C3(N)CCC3)no2)cc(C)c1OCC(=O)N1CCCCC1.Cl. The zero-order valence-corrected chi connectivity index (χ0v) is 17.9. The van der Waals surface area contributed by atoms with Gasteiger partial charge in [-0.05, 0) is 75.6 Å². The number of halogens is 1. The van der Waals surface area contributed by atoms with Crippen molar-refractivity contribution in [1.29, 1.82) is 0 Å². The van der Waals surface area contributed by atoms with E-state index in [0.717, 1.165) is 67.6 Å². The monoisotopic (exact) mass is 420 g/mol. The molecule has 29 heavy (non-hydrogen) atoms. The summed E-state index contributed by atoms with van der Waals surface area (Å²) < 4.78 is 11.3.